The minimum atomic E-state index is -0.681. The van der Waals surface area contributed by atoms with Crippen LogP contribution in [0.3, 0.4) is 0 Å². The van der Waals surface area contributed by atoms with Crippen molar-refractivity contribution < 1.29 is 24.2 Å². The second-order valence-corrected chi connectivity index (χ2v) is 11.0. The molecule has 3 heterocycles. The first kappa shape index (κ1) is 31.3. The molecule has 12 heteroatoms. The summed E-state index contributed by atoms with van der Waals surface area (Å²) in [6, 6.07) is 3.18. The molecular weight excluding hydrogens is 528 g/mol. The van der Waals surface area contributed by atoms with Crippen molar-refractivity contribution in [2.45, 2.75) is 79.2 Å². The first-order valence-corrected chi connectivity index (χ1v) is 13.5. The van der Waals surface area contributed by atoms with Crippen LogP contribution in [0.2, 0.25) is 0 Å². The van der Waals surface area contributed by atoms with Gasteiger partial charge in [-0.3, -0.25) is 19.7 Å². The van der Waals surface area contributed by atoms with E-state index in [0.717, 1.165) is 5.56 Å². The maximum atomic E-state index is 13.0. The largest absolute Gasteiger partial charge is 0.444 e. The lowest BCUT2D eigenvalue weighted by Gasteiger charge is -2.35. The molecule has 0 aliphatic carbocycles. The van der Waals surface area contributed by atoms with Gasteiger partial charge in [0.1, 0.15) is 17.1 Å². The second-order valence-electron chi connectivity index (χ2n) is 11.0. The van der Waals surface area contributed by atoms with Gasteiger partial charge in [0.15, 0.2) is 0 Å². The number of hydrogen-bond donors (Lipinski definition) is 5. The Labute approximate surface area is 239 Å². The molecule has 3 amide bonds. The van der Waals surface area contributed by atoms with Crippen molar-refractivity contribution in [3.63, 3.8) is 0 Å². The molecule has 41 heavy (non-hydrogen) atoms. The zero-order chi connectivity index (χ0) is 30.5. The molecule has 222 valence electrons. The first-order valence-electron chi connectivity index (χ1n) is 13.5. The van der Waals surface area contributed by atoms with Crippen LogP contribution >= 0.6 is 0 Å². The molecule has 0 bridgehead atoms. The number of carbonyl (C=O) groups excluding carboxylic acids is 3. The standard InChI is InChI=1S/C29H40N6O6/c1-8-18-9-10-30-27(39)25(18)35(7)22-14-32-26(38)19(17(22)3)12-24(37)31-13-20-16(2)11-23(33-21(20)15-36)34-28(40)41-29(4,5)6/h9-11,22,36H,8,12-15H2,1-7H3,(H,30,39)(H,31,37)(H,32,38)(H,33,34,40). The van der Waals surface area contributed by atoms with Gasteiger partial charge in [0, 0.05) is 31.9 Å². The maximum absolute atomic E-state index is 13.0. The van der Waals surface area contributed by atoms with E-state index in [2.05, 4.69) is 25.9 Å². The topological polar surface area (TPSA) is 166 Å². The number of pyridine rings is 2. The van der Waals surface area contributed by atoms with E-state index in [1.54, 1.807) is 53.9 Å². The van der Waals surface area contributed by atoms with Crippen molar-refractivity contribution in [2.24, 2.45) is 0 Å². The van der Waals surface area contributed by atoms with Gasteiger partial charge in [0.05, 0.1) is 24.8 Å². The summed E-state index contributed by atoms with van der Waals surface area (Å²) < 4.78 is 5.25. The van der Waals surface area contributed by atoms with Crippen LogP contribution < -0.4 is 26.4 Å². The van der Waals surface area contributed by atoms with E-state index in [-0.39, 0.29) is 42.2 Å². The number of ether oxygens (including phenoxy) is 1. The number of nitrogens with one attached hydrogen (secondary N) is 4. The Kier molecular flexibility index (Phi) is 9.92. The molecule has 1 aliphatic heterocycles. The van der Waals surface area contributed by atoms with Crippen molar-refractivity contribution >= 4 is 29.4 Å². The van der Waals surface area contributed by atoms with Gasteiger partial charge in [0.2, 0.25) is 11.8 Å². The van der Waals surface area contributed by atoms with Crippen LogP contribution in [-0.2, 0) is 33.9 Å². The monoisotopic (exact) mass is 568 g/mol. The van der Waals surface area contributed by atoms with Crippen LogP contribution in [0.5, 0.6) is 0 Å². The van der Waals surface area contributed by atoms with E-state index in [1.807, 2.05) is 17.9 Å². The highest BCUT2D eigenvalue weighted by Crippen LogP contribution is 2.25. The highest BCUT2D eigenvalue weighted by atomic mass is 16.6. The molecular formula is C29H40N6O6. The normalized spacial score (nSPS) is 15.3. The summed E-state index contributed by atoms with van der Waals surface area (Å²) in [5.41, 5.74) is 3.16. The third-order valence-electron chi connectivity index (χ3n) is 6.94. The summed E-state index contributed by atoms with van der Waals surface area (Å²) in [6.45, 7) is 10.8. The number of aliphatic hydroxyl groups excluding tert-OH is 1. The minimum Gasteiger partial charge on any atom is -0.444 e. The predicted molar refractivity (Wildman–Crippen MR) is 156 cm³/mol. The number of likely N-dealkylation sites (N-methyl/N-ethyl adjacent to an activating group) is 1. The summed E-state index contributed by atoms with van der Waals surface area (Å²) in [7, 11) is 1.81. The van der Waals surface area contributed by atoms with Gasteiger partial charge >= 0.3 is 6.09 Å². The highest BCUT2D eigenvalue weighted by Gasteiger charge is 2.31. The summed E-state index contributed by atoms with van der Waals surface area (Å²) in [5.74, 6) is -0.496. The average molecular weight is 569 g/mol. The quantitative estimate of drug-likeness (QED) is 0.308. The van der Waals surface area contributed by atoms with E-state index in [9.17, 15) is 24.3 Å². The number of amides is 3. The number of aliphatic hydroxyl groups is 1. The average Bonchev–Trinajstić information content (AvgIpc) is 2.88. The fourth-order valence-corrected chi connectivity index (χ4v) is 4.83. The molecule has 1 aliphatic rings. The number of rotatable bonds is 9. The van der Waals surface area contributed by atoms with Crippen LogP contribution in [0, 0.1) is 6.92 Å². The van der Waals surface area contributed by atoms with E-state index in [4.69, 9.17) is 4.74 Å². The number of anilines is 2. The van der Waals surface area contributed by atoms with Crippen molar-refractivity contribution in [3.8, 4) is 0 Å². The first-order chi connectivity index (χ1) is 19.2. The maximum Gasteiger partial charge on any atom is 0.413 e. The number of H-pyrrole nitrogens is 1. The lowest BCUT2D eigenvalue weighted by atomic mass is 9.93. The molecule has 0 saturated carbocycles. The summed E-state index contributed by atoms with van der Waals surface area (Å²) in [6.07, 6.45) is 1.45. The van der Waals surface area contributed by atoms with Gasteiger partial charge in [-0.05, 0) is 75.4 Å². The molecule has 5 N–H and O–H groups in total. The third kappa shape index (κ3) is 7.72. The Bertz CT molecular complexity index is 1410. The van der Waals surface area contributed by atoms with Gasteiger partial charge < -0.3 is 30.4 Å². The Morgan fingerprint density at radius 2 is 1.95 bits per heavy atom. The molecule has 0 spiro atoms. The van der Waals surface area contributed by atoms with E-state index in [0.29, 0.717) is 46.6 Å². The summed E-state index contributed by atoms with van der Waals surface area (Å²) >= 11 is 0. The smallest absolute Gasteiger partial charge is 0.413 e. The van der Waals surface area contributed by atoms with Crippen LogP contribution in [0.25, 0.3) is 0 Å². The molecule has 1 atom stereocenters. The molecule has 0 saturated heterocycles. The number of aryl methyl sites for hydroxylation is 2. The van der Waals surface area contributed by atoms with Crippen LogP contribution in [0.1, 0.15) is 63.4 Å². The van der Waals surface area contributed by atoms with Gasteiger partial charge in [-0.1, -0.05) is 6.92 Å². The molecule has 2 aromatic rings. The minimum absolute atomic E-state index is 0.0663. The Morgan fingerprint density at radius 3 is 2.59 bits per heavy atom. The molecule has 0 aromatic carbocycles. The molecule has 2 aromatic heterocycles. The van der Waals surface area contributed by atoms with Crippen LogP contribution in [0.15, 0.2) is 34.3 Å². The fraction of sp³-hybridized carbons (Fsp3) is 0.483. The van der Waals surface area contributed by atoms with Crippen LogP contribution in [-0.4, -0.2) is 58.2 Å². The van der Waals surface area contributed by atoms with Crippen molar-refractivity contribution in [3.05, 3.63) is 62.2 Å². The van der Waals surface area contributed by atoms with Gasteiger partial charge in [-0.25, -0.2) is 9.78 Å². The Morgan fingerprint density at radius 1 is 1.24 bits per heavy atom. The highest BCUT2D eigenvalue weighted by molar-refractivity contribution is 6.00. The number of nitrogens with zero attached hydrogens (tertiary/aromatic N) is 2. The Balaban J connectivity index is 1.74. The van der Waals surface area contributed by atoms with E-state index in [1.165, 1.54) is 0 Å². The second kappa shape index (κ2) is 13.0. The lowest BCUT2D eigenvalue weighted by Crippen LogP contribution is -2.50. The summed E-state index contributed by atoms with van der Waals surface area (Å²) in [4.78, 5) is 59.3. The number of aromatic nitrogens is 2. The zero-order valence-corrected chi connectivity index (χ0v) is 24.7. The molecule has 0 radical (unpaired) electrons. The fourth-order valence-electron chi connectivity index (χ4n) is 4.83. The van der Waals surface area contributed by atoms with Crippen molar-refractivity contribution in [1.82, 2.24) is 20.6 Å². The SMILES string of the molecule is CCc1cc[nH]c(=O)c1N(C)C1CNC(=O)C(CC(=O)NCc2c(C)cc(NC(=O)OC(C)(C)C)nc2CO)=C1C. The number of hydrogen-bond acceptors (Lipinski definition) is 8. The van der Waals surface area contributed by atoms with E-state index >= 15 is 0 Å². The number of aromatic amines is 1. The predicted octanol–water partition coefficient (Wildman–Crippen LogP) is 2.44. The van der Waals surface area contributed by atoms with Crippen LogP contribution in [0.4, 0.5) is 16.3 Å². The van der Waals surface area contributed by atoms with Crippen molar-refractivity contribution in [1.29, 1.82) is 0 Å². The molecule has 3 rings (SSSR count). The Hall–Kier alpha value is -4.19. The number of carbonyl (C=O) groups is 3. The molecule has 1 unspecified atom stereocenters. The van der Waals surface area contributed by atoms with Crippen molar-refractivity contribution in [2.75, 3.05) is 23.8 Å². The lowest BCUT2D eigenvalue weighted by molar-refractivity contribution is -0.123. The van der Waals surface area contributed by atoms with Gasteiger partial charge in [-0.15, -0.1) is 0 Å². The van der Waals surface area contributed by atoms with E-state index < -0.39 is 18.3 Å². The molecule has 12 nitrogen and oxygen atoms in total. The zero-order valence-electron chi connectivity index (χ0n) is 24.7. The van der Waals surface area contributed by atoms with Gasteiger partial charge in [-0.2, -0.15) is 0 Å². The van der Waals surface area contributed by atoms with Gasteiger partial charge in [0.25, 0.3) is 5.56 Å². The summed E-state index contributed by atoms with van der Waals surface area (Å²) in [5, 5.41) is 18.1. The third-order valence-corrected chi connectivity index (χ3v) is 6.94. The molecule has 0 fully saturated rings.